The molecule has 1 rings (SSSR count). The average molecular weight is 259 g/mol. The average Bonchev–Trinajstić information content (AvgIpc) is 2.29. The fourth-order valence-corrected chi connectivity index (χ4v) is 2.15. The third-order valence-electron chi connectivity index (χ3n) is 2.66. The molecule has 19 heavy (non-hydrogen) atoms. The number of hydrogen-bond donors (Lipinski definition) is 1. The minimum absolute atomic E-state index is 0.124. The number of aliphatic hydroxyl groups excluding tert-OH is 1. The van der Waals surface area contributed by atoms with Crippen LogP contribution in [0.5, 0.6) is 0 Å². The monoisotopic (exact) mass is 259 g/mol. The van der Waals surface area contributed by atoms with Crippen molar-refractivity contribution in [1.29, 1.82) is 0 Å². The van der Waals surface area contributed by atoms with E-state index in [-0.39, 0.29) is 6.61 Å². The van der Waals surface area contributed by atoms with Crippen molar-refractivity contribution in [3.8, 4) is 11.8 Å². The van der Waals surface area contributed by atoms with E-state index >= 15 is 0 Å². The van der Waals surface area contributed by atoms with Crippen molar-refractivity contribution in [2.45, 2.75) is 33.7 Å². The highest BCUT2D eigenvalue weighted by atomic mass is 16.2. The van der Waals surface area contributed by atoms with Crippen LogP contribution in [0, 0.1) is 17.3 Å². The Labute approximate surface area is 117 Å². The first-order valence-corrected chi connectivity index (χ1v) is 6.78. The molecule has 1 aromatic carbocycles. The van der Waals surface area contributed by atoms with Gasteiger partial charge in [-0.25, -0.2) is 0 Å². The molecule has 2 nitrogen and oxygen atoms in total. The Morgan fingerprint density at radius 3 is 2.53 bits per heavy atom. The molecule has 0 aromatic heterocycles. The molecule has 0 saturated heterocycles. The number of aliphatic hydroxyl groups is 1. The molecule has 0 unspecified atom stereocenters. The minimum atomic E-state index is 0.124. The van der Waals surface area contributed by atoms with E-state index in [0.717, 1.165) is 18.7 Å². The van der Waals surface area contributed by atoms with Gasteiger partial charge in [-0.1, -0.05) is 50.8 Å². The summed E-state index contributed by atoms with van der Waals surface area (Å²) in [7, 11) is 2.14. The first-order valence-electron chi connectivity index (χ1n) is 6.78. The van der Waals surface area contributed by atoms with Crippen molar-refractivity contribution in [1.82, 2.24) is 4.90 Å². The Morgan fingerprint density at radius 1 is 1.21 bits per heavy atom. The molecule has 104 valence electrons. The second-order valence-corrected chi connectivity index (χ2v) is 6.17. The first-order chi connectivity index (χ1) is 8.92. The normalized spacial score (nSPS) is 11.3. The van der Waals surface area contributed by atoms with E-state index in [2.05, 4.69) is 56.7 Å². The quantitative estimate of drug-likeness (QED) is 0.840. The van der Waals surface area contributed by atoms with Gasteiger partial charge in [-0.2, -0.15) is 0 Å². The van der Waals surface area contributed by atoms with Gasteiger partial charge in [0.15, 0.2) is 0 Å². The van der Waals surface area contributed by atoms with Gasteiger partial charge >= 0.3 is 0 Å². The smallest absolute Gasteiger partial charge is 0.0540 e. The summed E-state index contributed by atoms with van der Waals surface area (Å²) >= 11 is 0. The molecule has 0 amide bonds. The highest BCUT2D eigenvalue weighted by molar-refractivity contribution is 5.41. The Bertz CT molecular complexity index is 448. The summed E-state index contributed by atoms with van der Waals surface area (Å²) in [6, 6.07) is 8.24. The molecule has 0 atom stereocenters. The lowest BCUT2D eigenvalue weighted by molar-refractivity contribution is 0.220. The number of benzene rings is 1. The molecular weight excluding hydrogens is 234 g/mol. The second-order valence-electron chi connectivity index (χ2n) is 6.17. The number of rotatable bonds is 4. The Balaban J connectivity index is 2.76. The zero-order valence-electron chi connectivity index (χ0n) is 12.5. The van der Waals surface area contributed by atoms with Gasteiger partial charge in [-0.05, 0) is 24.1 Å². The molecule has 0 spiro atoms. The van der Waals surface area contributed by atoms with Crippen molar-refractivity contribution in [2.75, 3.05) is 20.2 Å². The molecule has 2 heteroatoms. The van der Waals surface area contributed by atoms with Crippen LogP contribution in [0.3, 0.4) is 0 Å². The highest BCUT2D eigenvalue weighted by Crippen LogP contribution is 2.17. The predicted molar refractivity (Wildman–Crippen MR) is 80.8 cm³/mol. The van der Waals surface area contributed by atoms with Gasteiger partial charge < -0.3 is 10.0 Å². The van der Waals surface area contributed by atoms with Gasteiger partial charge in [0.25, 0.3) is 0 Å². The van der Waals surface area contributed by atoms with Crippen LogP contribution in [0.25, 0.3) is 0 Å². The van der Waals surface area contributed by atoms with Crippen LogP contribution in [0.15, 0.2) is 24.3 Å². The fraction of sp³-hybridized carbons (Fsp3) is 0.529. The second kappa shape index (κ2) is 7.33. The van der Waals surface area contributed by atoms with Crippen LogP contribution in [0.4, 0.5) is 0 Å². The molecule has 0 bridgehead atoms. The van der Waals surface area contributed by atoms with E-state index in [1.54, 1.807) is 0 Å². The van der Waals surface area contributed by atoms with Crippen LogP contribution in [0.1, 0.15) is 38.3 Å². The number of nitrogens with zero attached hydrogens (tertiary/aromatic N) is 1. The van der Waals surface area contributed by atoms with E-state index in [9.17, 15) is 0 Å². The fourth-order valence-electron chi connectivity index (χ4n) is 2.15. The molecule has 0 fully saturated rings. The molecule has 0 aliphatic rings. The van der Waals surface area contributed by atoms with Gasteiger partial charge in [0.2, 0.25) is 0 Å². The standard InChI is InChI=1S/C17H25NO/c1-17(2,3)14-18(4)13-16-11-6-5-9-15(16)10-7-8-12-19/h5-6,9,11,19H,8,12-14H2,1-4H3. The Morgan fingerprint density at radius 2 is 1.89 bits per heavy atom. The molecular formula is C17H25NO. The molecule has 0 radical (unpaired) electrons. The van der Waals surface area contributed by atoms with Crippen LogP contribution in [-0.2, 0) is 6.54 Å². The summed E-state index contributed by atoms with van der Waals surface area (Å²) in [5.74, 6) is 6.14. The zero-order valence-corrected chi connectivity index (χ0v) is 12.5. The lowest BCUT2D eigenvalue weighted by Crippen LogP contribution is -2.29. The van der Waals surface area contributed by atoms with Crippen LogP contribution in [0.2, 0.25) is 0 Å². The number of hydrogen-bond acceptors (Lipinski definition) is 2. The highest BCUT2D eigenvalue weighted by Gasteiger charge is 2.14. The van der Waals surface area contributed by atoms with Gasteiger partial charge in [0.1, 0.15) is 0 Å². The van der Waals surface area contributed by atoms with E-state index in [1.807, 2.05) is 12.1 Å². The first kappa shape index (κ1) is 15.8. The van der Waals surface area contributed by atoms with Gasteiger partial charge in [-0.15, -0.1) is 0 Å². The van der Waals surface area contributed by atoms with Crippen molar-refractivity contribution in [3.63, 3.8) is 0 Å². The lowest BCUT2D eigenvalue weighted by atomic mass is 9.96. The van der Waals surface area contributed by atoms with Crippen molar-refractivity contribution >= 4 is 0 Å². The third-order valence-corrected chi connectivity index (χ3v) is 2.66. The van der Waals surface area contributed by atoms with E-state index in [0.29, 0.717) is 11.8 Å². The Kier molecular flexibility index (Phi) is 6.08. The van der Waals surface area contributed by atoms with Crippen LogP contribution < -0.4 is 0 Å². The van der Waals surface area contributed by atoms with Crippen molar-refractivity contribution in [3.05, 3.63) is 35.4 Å². The van der Waals surface area contributed by atoms with E-state index < -0.39 is 0 Å². The minimum Gasteiger partial charge on any atom is -0.395 e. The molecule has 0 heterocycles. The SMILES string of the molecule is CN(Cc1ccccc1C#CCCO)CC(C)(C)C. The summed E-state index contributed by atoms with van der Waals surface area (Å²) in [4.78, 5) is 2.33. The molecule has 0 saturated carbocycles. The van der Waals surface area contributed by atoms with E-state index in [4.69, 9.17) is 5.11 Å². The summed E-state index contributed by atoms with van der Waals surface area (Å²) in [6.45, 7) is 8.81. The summed E-state index contributed by atoms with van der Waals surface area (Å²) in [6.07, 6.45) is 0.534. The molecule has 1 aromatic rings. The van der Waals surface area contributed by atoms with Crippen LogP contribution in [-0.4, -0.2) is 30.2 Å². The Hall–Kier alpha value is -1.30. The van der Waals surface area contributed by atoms with E-state index in [1.165, 1.54) is 5.56 Å². The lowest BCUT2D eigenvalue weighted by Gasteiger charge is -2.26. The summed E-state index contributed by atoms with van der Waals surface area (Å²) < 4.78 is 0. The summed E-state index contributed by atoms with van der Waals surface area (Å²) in [5.41, 5.74) is 2.61. The topological polar surface area (TPSA) is 23.5 Å². The maximum absolute atomic E-state index is 8.78. The molecule has 0 aliphatic carbocycles. The van der Waals surface area contributed by atoms with Gasteiger partial charge in [-0.3, -0.25) is 0 Å². The predicted octanol–water partition coefficient (Wildman–Crippen LogP) is 2.90. The zero-order chi connectivity index (χ0) is 14.3. The largest absolute Gasteiger partial charge is 0.395 e. The van der Waals surface area contributed by atoms with Crippen molar-refractivity contribution < 1.29 is 5.11 Å². The molecule has 0 aliphatic heterocycles. The van der Waals surface area contributed by atoms with Gasteiger partial charge in [0, 0.05) is 25.1 Å². The van der Waals surface area contributed by atoms with Gasteiger partial charge in [0.05, 0.1) is 6.61 Å². The summed E-state index contributed by atoms with van der Waals surface area (Å²) in [5, 5.41) is 8.78. The molecule has 1 N–H and O–H groups in total. The maximum Gasteiger partial charge on any atom is 0.0540 e. The van der Waals surface area contributed by atoms with Crippen molar-refractivity contribution in [2.24, 2.45) is 5.41 Å². The van der Waals surface area contributed by atoms with Crippen LogP contribution >= 0.6 is 0 Å². The third kappa shape index (κ3) is 6.42. The maximum atomic E-state index is 8.78.